The van der Waals surface area contributed by atoms with E-state index in [2.05, 4.69) is 27.8 Å². The van der Waals surface area contributed by atoms with Gasteiger partial charge in [0.25, 0.3) is 0 Å². The van der Waals surface area contributed by atoms with Crippen LogP contribution in [0.5, 0.6) is 5.75 Å². The van der Waals surface area contributed by atoms with Crippen molar-refractivity contribution in [3.8, 4) is 5.75 Å². The summed E-state index contributed by atoms with van der Waals surface area (Å²) < 4.78 is 7.88. The number of aryl methyl sites for hydroxylation is 2. The van der Waals surface area contributed by atoms with E-state index in [1.165, 1.54) is 5.56 Å². The van der Waals surface area contributed by atoms with Crippen LogP contribution in [0.3, 0.4) is 0 Å². The van der Waals surface area contributed by atoms with Crippen LogP contribution < -0.4 is 4.74 Å². The van der Waals surface area contributed by atoms with Gasteiger partial charge in [-0.1, -0.05) is 30.3 Å². The highest BCUT2D eigenvalue weighted by molar-refractivity contribution is 5.77. The molecule has 3 rings (SSSR count). The molecule has 3 aromatic rings. The molecule has 1 aromatic heterocycles. The van der Waals surface area contributed by atoms with Crippen LogP contribution in [0.25, 0.3) is 11.0 Å². The third-order valence-corrected chi connectivity index (χ3v) is 3.32. The fourth-order valence-corrected chi connectivity index (χ4v) is 2.13. The van der Waals surface area contributed by atoms with Gasteiger partial charge in [-0.15, -0.1) is 0 Å². The molecule has 0 bridgehead atoms. The average Bonchev–Trinajstić information content (AvgIpc) is 2.73. The van der Waals surface area contributed by atoms with E-state index < -0.39 is 0 Å². The van der Waals surface area contributed by atoms with Crippen LogP contribution in [-0.2, 0) is 13.7 Å². The van der Waals surface area contributed by atoms with Gasteiger partial charge < -0.3 is 9.30 Å². The van der Waals surface area contributed by atoms with Crippen LogP contribution in [0.2, 0.25) is 0 Å². The first kappa shape index (κ1) is 11.8. The molecule has 0 atom stereocenters. The summed E-state index contributed by atoms with van der Waals surface area (Å²) in [6.07, 6.45) is 0. The Balaban J connectivity index is 1.82. The lowest BCUT2D eigenvalue weighted by Gasteiger charge is -2.06. The minimum Gasteiger partial charge on any atom is -0.489 e. The van der Waals surface area contributed by atoms with Crippen molar-refractivity contribution in [3.05, 3.63) is 59.9 Å². The summed E-state index contributed by atoms with van der Waals surface area (Å²) in [5.74, 6) is 1.87. The minimum absolute atomic E-state index is 0.582. The predicted octanol–water partition coefficient (Wildman–Crippen LogP) is 3.46. The Bertz CT molecular complexity index is 701. The second-order valence-electron chi connectivity index (χ2n) is 4.64. The van der Waals surface area contributed by atoms with Gasteiger partial charge in [-0.05, 0) is 24.6 Å². The van der Waals surface area contributed by atoms with E-state index in [1.54, 1.807) is 0 Å². The maximum absolute atomic E-state index is 5.80. The molecule has 2 aromatic carbocycles. The Morgan fingerprint density at radius 2 is 1.89 bits per heavy atom. The maximum Gasteiger partial charge on any atom is 0.122 e. The number of rotatable bonds is 3. The third-order valence-electron chi connectivity index (χ3n) is 3.32. The number of fused-ring (bicyclic) bond motifs is 1. The zero-order valence-electron chi connectivity index (χ0n) is 11.1. The van der Waals surface area contributed by atoms with Crippen molar-refractivity contribution in [2.24, 2.45) is 7.05 Å². The smallest absolute Gasteiger partial charge is 0.122 e. The molecule has 3 heteroatoms. The Morgan fingerprint density at radius 3 is 2.68 bits per heavy atom. The second kappa shape index (κ2) is 4.76. The topological polar surface area (TPSA) is 27.1 Å². The van der Waals surface area contributed by atoms with E-state index in [9.17, 15) is 0 Å². The Hall–Kier alpha value is -2.29. The minimum atomic E-state index is 0.582. The summed E-state index contributed by atoms with van der Waals surface area (Å²) in [6.45, 7) is 2.59. The molecule has 96 valence electrons. The number of imidazole rings is 1. The summed E-state index contributed by atoms with van der Waals surface area (Å²) >= 11 is 0. The van der Waals surface area contributed by atoms with E-state index >= 15 is 0 Å². The molecule has 1 heterocycles. The van der Waals surface area contributed by atoms with E-state index in [-0.39, 0.29) is 0 Å². The summed E-state index contributed by atoms with van der Waals surface area (Å²) in [4.78, 5) is 4.51. The highest BCUT2D eigenvalue weighted by Gasteiger charge is 2.05. The summed E-state index contributed by atoms with van der Waals surface area (Å²) in [7, 11) is 2.02. The largest absolute Gasteiger partial charge is 0.489 e. The van der Waals surface area contributed by atoms with Gasteiger partial charge in [0.1, 0.15) is 18.2 Å². The van der Waals surface area contributed by atoms with Crippen LogP contribution in [0.4, 0.5) is 0 Å². The van der Waals surface area contributed by atoms with Gasteiger partial charge in [0, 0.05) is 13.1 Å². The average molecular weight is 252 g/mol. The number of hydrogen-bond acceptors (Lipinski definition) is 2. The molecule has 3 nitrogen and oxygen atoms in total. The lowest BCUT2D eigenvalue weighted by Crippen LogP contribution is -1.95. The first-order valence-electron chi connectivity index (χ1n) is 6.34. The summed E-state index contributed by atoms with van der Waals surface area (Å²) in [5, 5.41) is 0. The van der Waals surface area contributed by atoms with Crippen LogP contribution in [-0.4, -0.2) is 9.55 Å². The third kappa shape index (κ3) is 2.32. The Morgan fingerprint density at radius 1 is 1.11 bits per heavy atom. The van der Waals surface area contributed by atoms with Crippen molar-refractivity contribution in [1.29, 1.82) is 0 Å². The van der Waals surface area contributed by atoms with Crippen molar-refractivity contribution in [3.63, 3.8) is 0 Å². The van der Waals surface area contributed by atoms with E-state index in [0.29, 0.717) is 6.61 Å². The number of aromatic nitrogens is 2. The highest BCUT2D eigenvalue weighted by atomic mass is 16.5. The van der Waals surface area contributed by atoms with Crippen molar-refractivity contribution in [1.82, 2.24) is 9.55 Å². The highest BCUT2D eigenvalue weighted by Crippen LogP contribution is 2.21. The predicted molar refractivity (Wildman–Crippen MR) is 76.2 cm³/mol. The van der Waals surface area contributed by atoms with Crippen LogP contribution in [0.1, 0.15) is 11.4 Å². The molecule has 0 amide bonds. The van der Waals surface area contributed by atoms with Crippen molar-refractivity contribution in [2.45, 2.75) is 13.5 Å². The van der Waals surface area contributed by atoms with Gasteiger partial charge in [0.15, 0.2) is 0 Å². The van der Waals surface area contributed by atoms with Gasteiger partial charge in [0.05, 0.1) is 11.0 Å². The van der Waals surface area contributed by atoms with E-state index in [1.807, 2.05) is 44.3 Å². The fourth-order valence-electron chi connectivity index (χ4n) is 2.13. The molecular formula is C16H16N2O. The molecule has 0 radical (unpaired) electrons. The lowest BCUT2D eigenvalue weighted by atomic mass is 10.2. The standard InChI is InChI=1S/C16H16N2O/c1-12-17-15-10-14(8-9-16(15)18(12)2)19-11-13-6-4-3-5-7-13/h3-10H,11H2,1-2H3. The number of hydrogen-bond donors (Lipinski definition) is 0. The Kier molecular flexibility index (Phi) is 2.95. The van der Waals surface area contributed by atoms with Crippen molar-refractivity contribution >= 4 is 11.0 Å². The van der Waals surface area contributed by atoms with Crippen molar-refractivity contribution < 1.29 is 4.74 Å². The number of nitrogens with zero attached hydrogens (tertiary/aromatic N) is 2. The van der Waals surface area contributed by atoms with Crippen molar-refractivity contribution in [2.75, 3.05) is 0 Å². The first-order valence-corrected chi connectivity index (χ1v) is 6.34. The Labute approximate surface area is 112 Å². The van der Waals surface area contributed by atoms with Gasteiger partial charge in [-0.2, -0.15) is 0 Å². The molecular weight excluding hydrogens is 236 g/mol. The zero-order chi connectivity index (χ0) is 13.2. The van der Waals surface area contributed by atoms with Gasteiger partial charge in [0.2, 0.25) is 0 Å². The summed E-state index contributed by atoms with van der Waals surface area (Å²) in [6, 6.07) is 16.2. The molecule has 19 heavy (non-hydrogen) atoms. The van der Waals surface area contributed by atoms with Crippen LogP contribution in [0.15, 0.2) is 48.5 Å². The first-order chi connectivity index (χ1) is 9.24. The molecule has 0 saturated heterocycles. The molecule has 0 N–H and O–H groups in total. The number of ether oxygens (including phenoxy) is 1. The molecule has 0 aliphatic heterocycles. The molecule has 0 unspecified atom stereocenters. The fraction of sp³-hybridized carbons (Fsp3) is 0.188. The quantitative estimate of drug-likeness (QED) is 0.713. The molecule has 0 saturated carbocycles. The SMILES string of the molecule is Cc1nc2cc(OCc3ccccc3)ccc2n1C. The normalized spacial score (nSPS) is 10.8. The van der Waals surface area contributed by atoms with E-state index in [4.69, 9.17) is 4.74 Å². The van der Waals surface area contributed by atoms with Gasteiger partial charge in [-0.25, -0.2) is 4.98 Å². The van der Waals surface area contributed by atoms with Gasteiger partial charge in [-0.3, -0.25) is 0 Å². The maximum atomic E-state index is 5.80. The zero-order valence-corrected chi connectivity index (χ0v) is 11.1. The molecule has 0 spiro atoms. The van der Waals surface area contributed by atoms with Crippen LogP contribution >= 0.6 is 0 Å². The number of benzene rings is 2. The van der Waals surface area contributed by atoms with Crippen LogP contribution in [0, 0.1) is 6.92 Å². The molecule has 0 fully saturated rings. The second-order valence-corrected chi connectivity index (χ2v) is 4.64. The molecule has 0 aliphatic rings. The molecule has 0 aliphatic carbocycles. The van der Waals surface area contributed by atoms with E-state index in [0.717, 1.165) is 22.6 Å². The van der Waals surface area contributed by atoms with Gasteiger partial charge >= 0.3 is 0 Å². The monoisotopic (exact) mass is 252 g/mol. The lowest BCUT2D eigenvalue weighted by molar-refractivity contribution is 0.306. The summed E-state index contributed by atoms with van der Waals surface area (Å²) in [5.41, 5.74) is 3.27.